The van der Waals surface area contributed by atoms with Crippen molar-refractivity contribution >= 4 is 11.8 Å². The molecule has 1 saturated heterocycles. The molecule has 126 valence electrons. The number of hydrogen-bond acceptors (Lipinski definition) is 7. The van der Waals surface area contributed by atoms with E-state index >= 15 is 0 Å². The number of hydrogen-bond donors (Lipinski definition) is 2. The average molecular weight is 326 g/mol. The number of rotatable bonds is 2. The molecule has 0 aromatic carbocycles. The highest BCUT2D eigenvalue weighted by Crippen LogP contribution is 2.42. The van der Waals surface area contributed by atoms with Gasteiger partial charge in [-0.1, -0.05) is 0 Å². The Hall–Kier alpha value is -2.41. The van der Waals surface area contributed by atoms with Crippen LogP contribution in [0.5, 0.6) is 5.88 Å². The lowest BCUT2D eigenvalue weighted by molar-refractivity contribution is 0.0728. The van der Waals surface area contributed by atoms with Crippen LogP contribution in [0, 0.1) is 0 Å². The van der Waals surface area contributed by atoms with Gasteiger partial charge in [-0.25, -0.2) is 0 Å². The molecule has 4 rings (SSSR count). The number of ether oxygens (including phenoxy) is 1. The minimum Gasteiger partial charge on any atom is -0.470 e. The Morgan fingerprint density at radius 3 is 2.79 bits per heavy atom. The molecule has 0 bridgehead atoms. The molecule has 1 spiro atoms. The van der Waals surface area contributed by atoms with Gasteiger partial charge in [-0.2, -0.15) is 9.97 Å². The summed E-state index contributed by atoms with van der Waals surface area (Å²) >= 11 is 0. The number of pyridine rings is 1. The van der Waals surface area contributed by atoms with E-state index in [1.807, 2.05) is 12.4 Å². The third-order valence-corrected chi connectivity index (χ3v) is 4.98. The van der Waals surface area contributed by atoms with Gasteiger partial charge in [0.1, 0.15) is 11.4 Å². The third kappa shape index (κ3) is 2.87. The van der Waals surface area contributed by atoms with Crippen molar-refractivity contribution < 1.29 is 4.74 Å². The van der Waals surface area contributed by atoms with Crippen molar-refractivity contribution in [3.05, 3.63) is 35.7 Å². The molecule has 0 radical (unpaired) electrons. The summed E-state index contributed by atoms with van der Waals surface area (Å²) < 4.78 is 6.23. The van der Waals surface area contributed by atoms with Crippen LogP contribution in [0.3, 0.4) is 0 Å². The van der Waals surface area contributed by atoms with E-state index in [1.54, 1.807) is 0 Å². The van der Waals surface area contributed by atoms with Crippen LogP contribution in [0.15, 0.2) is 24.5 Å². The predicted octanol–water partition coefficient (Wildman–Crippen LogP) is 1.40. The maximum Gasteiger partial charge on any atom is 0.225 e. The molecule has 24 heavy (non-hydrogen) atoms. The standard InChI is InChI=1S/C17H22N6O/c18-14-13-10-17(24-15(13)22-16(19)21-14)4-1-8-23(9-5-17)11-12-2-6-20-7-3-12/h2-3,6-7H,1,4-5,8-11H2,(H4,18,19,21,22). The van der Waals surface area contributed by atoms with Crippen molar-refractivity contribution in [3.8, 4) is 5.88 Å². The van der Waals surface area contributed by atoms with Crippen molar-refractivity contribution in [1.82, 2.24) is 19.9 Å². The van der Waals surface area contributed by atoms with Gasteiger partial charge >= 0.3 is 0 Å². The second-order valence-corrected chi connectivity index (χ2v) is 6.70. The van der Waals surface area contributed by atoms with Crippen LogP contribution < -0.4 is 16.2 Å². The number of fused-ring (bicyclic) bond motifs is 1. The van der Waals surface area contributed by atoms with Crippen LogP contribution in [0.25, 0.3) is 0 Å². The van der Waals surface area contributed by atoms with Crippen LogP contribution in [-0.2, 0) is 13.0 Å². The molecular formula is C17H22N6O. The Bertz CT molecular complexity index is 737. The molecule has 7 nitrogen and oxygen atoms in total. The summed E-state index contributed by atoms with van der Waals surface area (Å²) in [5.41, 5.74) is 13.7. The monoisotopic (exact) mass is 326 g/mol. The lowest BCUT2D eigenvalue weighted by atomic mass is 9.90. The maximum absolute atomic E-state index is 6.23. The quantitative estimate of drug-likeness (QED) is 0.859. The number of nitrogens with two attached hydrogens (primary N) is 2. The molecule has 4 N–H and O–H groups in total. The van der Waals surface area contributed by atoms with Crippen molar-refractivity contribution in [3.63, 3.8) is 0 Å². The molecule has 7 heteroatoms. The first-order chi connectivity index (χ1) is 11.6. The average Bonchev–Trinajstić information content (AvgIpc) is 2.81. The summed E-state index contributed by atoms with van der Waals surface area (Å²) in [6, 6.07) is 4.14. The molecule has 2 aromatic rings. The Morgan fingerprint density at radius 1 is 1.12 bits per heavy atom. The van der Waals surface area contributed by atoms with Gasteiger partial charge in [-0.15, -0.1) is 0 Å². The SMILES string of the molecule is Nc1nc(N)c2c(n1)OC1(CCCN(Cc3ccncc3)CC1)C2. The van der Waals surface area contributed by atoms with Crippen LogP contribution in [0.4, 0.5) is 11.8 Å². The Kier molecular flexibility index (Phi) is 3.72. The molecule has 1 atom stereocenters. The van der Waals surface area contributed by atoms with E-state index in [-0.39, 0.29) is 11.5 Å². The van der Waals surface area contributed by atoms with E-state index in [0.717, 1.165) is 50.9 Å². The number of likely N-dealkylation sites (tertiary alicyclic amines) is 1. The number of nitrogen functional groups attached to an aromatic ring is 2. The Morgan fingerprint density at radius 2 is 1.96 bits per heavy atom. The topological polar surface area (TPSA) is 103 Å². The minimum absolute atomic E-state index is 0.177. The summed E-state index contributed by atoms with van der Waals surface area (Å²) in [6.07, 6.45) is 7.50. The zero-order chi connectivity index (χ0) is 16.6. The Labute approximate surface area is 141 Å². The fourth-order valence-electron chi connectivity index (χ4n) is 3.72. The van der Waals surface area contributed by atoms with Gasteiger partial charge < -0.3 is 16.2 Å². The zero-order valence-corrected chi connectivity index (χ0v) is 13.6. The second-order valence-electron chi connectivity index (χ2n) is 6.70. The van der Waals surface area contributed by atoms with Gasteiger partial charge in [0.05, 0.1) is 5.56 Å². The van der Waals surface area contributed by atoms with Gasteiger partial charge in [0.2, 0.25) is 11.8 Å². The Balaban J connectivity index is 1.47. The van der Waals surface area contributed by atoms with E-state index in [0.29, 0.717) is 11.7 Å². The van der Waals surface area contributed by atoms with Gasteiger partial charge in [-0.05, 0) is 37.1 Å². The van der Waals surface area contributed by atoms with E-state index in [2.05, 4.69) is 32.0 Å². The van der Waals surface area contributed by atoms with Crippen molar-refractivity contribution in [2.24, 2.45) is 0 Å². The van der Waals surface area contributed by atoms with Crippen LogP contribution in [0.1, 0.15) is 30.4 Å². The first kappa shape index (κ1) is 15.1. The molecule has 0 saturated carbocycles. The highest BCUT2D eigenvalue weighted by molar-refractivity contribution is 5.52. The van der Waals surface area contributed by atoms with E-state index in [1.165, 1.54) is 5.56 Å². The highest BCUT2D eigenvalue weighted by Gasteiger charge is 2.42. The summed E-state index contributed by atoms with van der Waals surface area (Å²) in [6.45, 7) is 2.99. The molecule has 2 aromatic heterocycles. The van der Waals surface area contributed by atoms with Gasteiger partial charge in [0.15, 0.2) is 0 Å². The fourth-order valence-corrected chi connectivity index (χ4v) is 3.72. The number of aromatic nitrogens is 3. The number of nitrogens with zero attached hydrogens (tertiary/aromatic N) is 4. The van der Waals surface area contributed by atoms with Crippen LogP contribution >= 0.6 is 0 Å². The molecule has 0 aliphatic carbocycles. The molecule has 2 aliphatic rings. The summed E-state index contributed by atoms with van der Waals surface area (Å²) in [5, 5.41) is 0. The molecule has 1 fully saturated rings. The van der Waals surface area contributed by atoms with E-state index in [9.17, 15) is 0 Å². The molecule has 4 heterocycles. The molecular weight excluding hydrogens is 304 g/mol. The molecule has 1 unspecified atom stereocenters. The third-order valence-electron chi connectivity index (χ3n) is 4.98. The van der Waals surface area contributed by atoms with E-state index < -0.39 is 0 Å². The summed E-state index contributed by atoms with van der Waals surface area (Å²) in [4.78, 5) is 14.8. The lowest BCUT2D eigenvalue weighted by Crippen LogP contribution is -2.36. The zero-order valence-electron chi connectivity index (χ0n) is 13.6. The minimum atomic E-state index is -0.216. The first-order valence-electron chi connectivity index (χ1n) is 8.36. The van der Waals surface area contributed by atoms with Crippen molar-refractivity contribution in [1.29, 1.82) is 0 Å². The molecule has 2 aliphatic heterocycles. The second kappa shape index (κ2) is 5.90. The van der Waals surface area contributed by atoms with E-state index in [4.69, 9.17) is 16.2 Å². The molecule has 0 amide bonds. The van der Waals surface area contributed by atoms with Crippen molar-refractivity contribution in [2.45, 2.75) is 37.8 Å². The lowest BCUT2D eigenvalue weighted by Gasteiger charge is -2.27. The summed E-state index contributed by atoms with van der Waals surface area (Å²) in [5.74, 6) is 1.20. The highest BCUT2D eigenvalue weighted by atomic mass is 16.5. The van der Waals surface area contributed by atoms with Crippen molar-refractivity contribution in [2.75, 3.05) is 24.6 Å². The van der Waals surface area contributed by atoms with Gasteiger partial charge in [0.25, 0.3) is 0 Å². The summed E-state index contributed by atoms with van der Waals surface area (Å²) in [7, 11) is 0. The first-order valence-corrected chi connectivity index (χ1v) is 8.36. The van der Waals surface area contributed by atoms with Gasteiger partial charge in [0, 0.05) is 38.3 Å². The van der Waals surface area contributed by atoms with Crippen LogP contribution in [0.2, 0.25) is 0 Å². The fraction of sp³-hybridized carbons (Fsp3) is 0.471. The van der Waals surface area contributed by atoms with Crippen LogP contribution in [-0.4, -0.2) is 38.5 Å². The largest absolute Gasteiger partial charge is 0.470 e. The smallest absolute Gasteiger partial charge is 0.225 e. The maximum atomic E-state index is 6.23. The predicted molar refractivity (Wildman–Crippen MR) is 91.3 cm³/mol. The van der Waals surface area contributed by atoms with Gasteiger partial charge in [-0.3, -0.25) is 9.88 Å². The number of anilines is 2. The normalized spacial score (nSPS) is 23.7.